The second-order valence-corrected chi connectivity index (χ2v) is 6.29. The van der Waals surface area contributed by atoms with Crippen LogP contribution in [0, 0.1) is 0 Å². The van der Waals surface area contributed by atoms with Crippen molar-refractivity contribution < 1.29 is 9.47 Å². The molecule has 0 spiro atoms. The maximum atomic E-state index is 6.14. The minimum atomic E-state index is -0.165. The van der Waals surface area contributed by atoms with Gasteiger partial charge in [-0.05, 0) is 50.5 Å². The van der Waals surface area contributed by atoms with Crippen LogP contribution >= 0.6 is 0 Å². The smallest absolute Gasteiger partial charge is 0.192 e. The van der Waals surface area contributed by atoms with E-state index in [-0.39, 0.29) is 5.54 Å². The summed E-state index contributed by atoms with van der Waals surface area (Å²) >= 11 is 0. The third-order valence-electron chi connectivity index (χ3n) is 3.49. The van der Waals surface area contributed by atoms with Gasteiger partial charge < -0.3 is 20.1 Å². The van der Waals surface area contributed by atoms with E-state index in [4.69, 9.17) is 15.2 Å². The summed E-state index contributed by atoms with van der Waals surface area (Å²) < 4.78 is 10.7. The summed E-state index contributed by atoms with van der Waals surface area (Å²) in [6.45, 7) is 7.76. The summed E-state index contributed by atoms with van der Waals surface area (Å²) in [5, 5.41) is 0. The molecular weight excluding hydrogens is 266 g/mol. The van der Waals surface area contributed by atoms with Crippen LogP contribution in [0.25, 0.3) is 0 Å². The van der Waals surface area contributed by atoms with E-state index in [1.54, 1.807) is 14.2 Å². The zero-order valence-electron chi connectivity index (χ0n) is 13.6. The van der Waals surface area contributed by atoms with Crippen molar-refractivity contribution >= 4 is 5.96 Å². The van der Waals surface area contributed by atoms with Crippen molar-refractivity contribution in [3.05, 3.63) is 23.3 Å². The van der Waals surface area contributed by atoms with Gasteiger partial charge in [-0.3, -0.25) is 0 Å². The lowest BCUT2D eigenvalue weighted by Gasteiger charge is -2.31. The van der Waals surface area contributed by atoms with Crippen LogP contribution < -0.4 is 15.2 Å². The molecule has 2 rings (SSSR count). The highest BCUT2D eigenvalue weighted by Crippen LogP contribution is 2.33. The number of guanidine groups is 1. The largest absolute Gasteiger partial charge is 0.493 e. The second kappa shape index (κ2) is 5.84. The number of nitrogens with zero attached hydrogens (tertiary/aromatic N) is 2. The van der Waals surface area contributed by atoms with Crippen molar-refractivity contribution in [3.8, 4) is 11.5 Å². The Hall–Kier alpha value is -1.91. The van der Waals surface area contributed by atoms with E-state index >= 15 is 0 Å². The quantitative estimate of drug-likeness (QED) is 0.670. The predicted octanol–water partition coefficient (Wildman–Crippen LogP) is 2.18. The fourth-order valence-electron chi connectivity index (χ4n) is 2.49. The summed E-state index contributed by atoms with van der Waals surface area (Å²) in [4.78, 5) is 6.66. The zero-order valence-corrected chi connectivity index (χ0v) is 13.6. The van der Waals surface area contributed by atoms with Crippen molar-refractivity contribution in [1.82, 2.24) is 4.90 Å². The van der Waals surface area contributed by atoms with Crippen LogP contribution in [0.3, 0.4) is 0 Å². The fraction of sp³-hybridized carbons (Fsp3) is 0.562. The first-order chi connectivity index (χ1) is 9.84. The average Bonchev–Trinajstić information content (AvgIpc) is 2.43. The van der Waals surface area contributed by atoms with Gasteiger partial charge in [0.2, 0.25) is 0 Å². The summed E-state index contributed by atoms with van der Waals surface area (Å²) in [6.07, 6.45) is 0.927. The first kappa shape index (κ1) is 15.5. The normalized spacial score (nSPS) is 15.7. The molecule has 0 saturated heterocycles. The van der Waals surface area contributed by atoms with Crippen molar-refractivity contribution in [2.45, 2.75) is 39.3 Å². The van der Waals surface area contributed by atoms with Crippen LogP contribution in [-0.2, 0) is 13.0 Å². The molecule has 1 aromatic carbocycles. The summed E-state index contributed by atoms with van der Waals surface area (Å²) in [7, 11) is 3.31. The molecule has 0 amide bonds. The minimum Gasteiger partial charge on any atom is -0.493 e. The SMILES string of the molecule is COc1cc2c(cc1OC)CN(C(N)=NC(C)(C)C)CC2. The van der Waals surface area contributed by atoms with Gasteiger partial charge in [0.05, 0.1) is 19.8 Å². The number of aliphatic imine (C=N–C) groups is 1. The molecule has 0 fully saturated rings. The van der Waals surface area contributed by atoms with Crippen LogP contribution in [0.2, 0.25) is 0 Å². The van der Waals surface area contributed by atoms with E-state index < -0.39 is 0 Å². The second-order valence-electron chi connectivity index (χ2n) is 6.29. The van der Waals surface area contributed by atoms with E-state index in [0.717, 1.165) is 31.0 Å². The number of hydrogen-bond acceptors (Lipinski definition) is 3. The van der Waals surface area contributed by atoms with E-state index in [1.807, 2.05) is 26.8 Å². The molecule has 116 valence electrons. The van der Waals surface area contributed by atoms with Crippen LogP contribution in [0.1, 0.15) is 31.9 Å². The van der Waals surface area contributed by atoms with Crippen LogP contribution in [0.15, 0.2) is 17.1 Å². The Labute approximate surface area is 126 Å². The number of nitrogens with two attached hydrogens (primary N) is 1. The van der Waals surface area contributed by atoms with Crippen molar-refractivity contribution in [2.75, 3.05) is 20.8 Å². The van der Waals surface area contributed by atoms with Gasteiger partial charge in [-0.15, -0.1) is 0 Å². The first-order valence-corrected chi connectivity index (χ1v) is 7.18. The van der Waals surface area contributed by atoms with Crippen LogP contribution in [-0.4, -0.2) is 37.2 Å². The molecule has 5 heteroatoms. The Kier molecular flexibility index (Phi) is 4.30. The van der Waals surface area contributed by atoms with E-state index in [2.05, 4.69) is 16.0 Å². The van der Waals surface area contributed by atoms with Gasteiger partial charge in [-0.1, -0.05) is 0 Å². The number of benzene rings is 1. The Bertz CT molecular complexity index is 547. The standard InChI is InChI=1S/C16H25N3O2/c1-16(2,3)18-15(17)19-7-6-11-8-13(20-4)14(21-5)9-12(11)10-19/h8-9H,6-7,10H2,1-5H3,(H2,17,18). The van der Waals surface area contributed by atoms with Crippen LogP contribution in [0.4, 0.5) is 0 Å². The lowest BCUT2D eigenvalue weighted by atomic mass is 9.99. The number of hydrogen-bond donors (Lipinski definition) is 1. The van der Waals surface area contributed by atoms with Gasteiger partial charge in [0.25, 0.3) is 0 Å². The summed E-state index contributed by atoms with van der Waals surface area (Å²) in [6, 6.07) is 4.09. The molecule has 1 heterocycles. The molecule has 1 aliphatic rings. The number of ether oxygens (including phenoxy) is 2. The Balaban J connectivity index is 2.26. The van der Waals surface area contributed by atoms with Gasteiger partial charge in [0.15, 0.2) is 17.5 Å². The molecule has 21 heavy (non-hydrogen) atoms. The van der Waals surface area contributed by atoms with Crippen molar-refractivity contribution in [2.24, 2.45) is 10.7 Å². The molecule has 0 unspecified atom stereocenters. The number of fused-ring (bicyclic) bond motifs is 1. The van der Waals surface area contributed by atoms with E-state index in [1.165, 1.54) is 11.1 Å². The molecule has 0 atom stereocenters. The van der Waals surface area contributed by atoms with Crippen LogP contribution in [0.5, 0.6) is 11.5 Å². The summed E-state index contributed by atoms with van der Waals surface area (Å²) in [5.74, 6) is 2.13. The molecule has 1 aliphatic heterocycles. The molecule has 0 radical (unpaired) electrons. The Morgan fingerprint density at radius 2 is 1.71 bits per heavy atom. The highest BCUT2D eigenvalue weighted by molar-refractivity contribution is 5.79. The van der Waals surface area contributed by atoms with Gasteiger partial charge in [0.1, 0.15) is 0 Å². The molecule has 0 bridgehead atoms. The number of methoxy groups -OCH3 is 2. The minimum absolute atomic E-state index is 0.165. The Morgan fingerprint density at radius 3 is 2.24 bits per heavy atom. The van der Waals surface area contributed by atoms with Crippen molar-refractivity contribution in [1.29, 1.82) is 0 Å². The molecule has 1 aromatic rings. The van der Waals surface area contributed by atoms with Crippen molar-refractivity contribution in [3.63, 3.8) is 0 Å². The van der Waals surface area contributed by atoms with Gasteiger partial charge in [0, 0.05) is 13.1 Å². The lowest BCUT2D eigenvalue weighted by Crippen LogP contribution is -2.42. The summed E-state index contributed by atoms with van der Waals surface area (Å²) in [5.41, 5.74) is 8.47. The van der Waals surface area contributed by atoms with E-state index in [9.17, 15) is 0 Å². The van der Waals surface area contributed by atoms with Gasteiger partial charge >= 0.3 is 0 Å². The van der Waals surface area contributed by atoms with Gasteiger partial charge in [-0.2, -0.15) is 0 Å². The molecule has 0 aliphatic carbocycles. The lowest BCUT2D eigenvalue weighted by molar-refractivity contribution is 0.346. The molecule has 0 saturated carbocycles. The number of rotatable bonds is 2. The fourth-order valence-corrected chi connectivity index (χ4v) is 2.49. The first-order valence-electron chi connectivity index (χ1n) is 7.18. The highest BCUT2D eigenvalue weighted by atomic mass is 16.5. The monoisotopic (exact) mass is 291 g/mol. The molecular formula is C16H25N3O2. The third-order valence-corrected chi connectivity index (χ3v) is 3.49. The third kappa shape index (κ3) is 3.60. The topological polar surface area (TPSA) is 60.1 Å². The molecule has 2 N–H and O–H groups in total. The predicted molar refractivity (Wildman–Crippen MR) is 85.0 cm³/mol. The average molecular weight is 291 g/mol. The molecule has 5 nitrogen and oxygen atoms in total. The van der Waals surface area contributed by atoms with Gasteiger partial charge in [-0.25, -0.2) is 4.99 Å². The van der Waals surface area contributed by atoms with E-state index in [0.29, 0.717) is 5.96 Å². The zero-order chi connectivity index (χ0) is 15.6. The molecule has 0 aromatic heterocycles. The maximum absolute atomic E-state index is 6.14. The maximum Gasteiger partial charge on any atom is 0.192 e. The Morgan fingerprint density at radius 1 is 1.14 bits per heavy atom. The highest BCUT2D eigenvalue weighted by Gasteiger charge is 2.21.